The van der Waals surface area contributed by atoms with E-state index in [1.807, 2.05) is 6.08 Å². The van der Waals surface area contributed by atoms with E-state index in [9.17, 15) is 4.79 Å². The van der Waals surface area contributed by atoms with Gasteiger partial charge in [-0.1, -0.05) is 54.7 Å². The zero-order valence-corrected chi connectivity index (χ0v) is 14.7. The van der Waals surface area contributed by atoms with Crippen molar-refractivity contribution in [3.8, 4) is 0 Å². The van der Waals surface area contributed by atoms with Crippen LogP contribution in [-0.2, 0) is 4.79 Å². The molecule has 0 aromatic heterocycles. The third-order valence-electron chi connectivity index (χ3n) is 5.88. The zero-order chi connectivity index (χ0) is 16.8. The lowest BCUT2D eigenvalue weighted by Crippen LogP contribution is -2.24. The van der Waals surface area contributed by atoms with Gasteiger partial charge in [0.15, 0.2) is 5.78 Å². The van der Waals surface area contributed by atoms with Crippen molar-refractivity contribution < 1.29 is 4.79 Å². The van der Waals surface area contributed by atoms with Crippen molar-refractivity contribution in [3.05, 3.63) is 60.8 Å². The van der Waals surface area contributed by atoms with Crippen LogP contribution in [0.1, 0.15) is 51.4 Å². The van der Waals surface area contributed by atoms with E-state index in [1.54, 1.807) is 11.6 Å². The molecule has 5 rings (SSSR count). The largest absolute Gasteiger partial charge is 0.295 e. The van der Waals surface area contributed by atoms with E-state index in [4.69, 9.17) is 0 Å². The highest BCUT2D eigenvalue weighted by Crippen LogP contribution is 2.55. The molecule has 5 aliphatic rings. The first-order valence-electron chi connectivity index (χ1n) is 9.62. The summed E-state index contributed by atoms with van der Waals surface area (Å²) in [5.41, 5.74) is 1.56. The molecular formula is C23H30O. The molecule has 0 aromatic carbocycles. The first-order chi connectivity index (χ1) is 11.8. The molecule has 4 atom stereocenters. The highest BCUT2D eigenvalue weighted by Gasteiger charge is 2.46. The Morgan fingerprint density at radius 1 is 0.958 bits per heavy atom. The Kier molecular flexibility index (Phi) is 6.07. The fourth-order valence-corrected chi connectivity index (χ4v) is 4.74. The van der Waals surface area contributed by atoms with E-state index < -0.39 is 0 Å². The van der Waals surface area contributed by atoms with Gasteiger partial charge in [0.05, 0.1) is 0 Å². The molecule has 2 saturated carbocycles. The third-order valence-corrected chi connectivity index (χ3v) is 5.88. The number of hydrogen-bond acceptors (Lipinski definition) is 1. The van der Waals surface area contributed by atoms with E-state index in [1.165, 1.54) is 25.7 Å². The highest BCUT2D eigenvalue weighted by molar-refractivity contribution is 5.90. The van der Waals surface area contributed by atoms with Crippen LogP contribution in [0.5, 0.6) is 0 Å². The first-order valence-corrected chi connectivity index (χ1v) is 9.62. The molecule has 2 fully saturated rings. The number of fused-ring (bicyclic) bond motifs is 5. The predicted octanol–water partition coefficient (Wildman–Crippen LogP) is 5.96. The molecule has 0 unspecified atom stereocenters. The minimum Gasteiger partial charge on any atom is -0.295 e. The van der Waals surface area contributed by atoms with Crippen molar-refractivity contribution in [1.29, 1.82) is 0 Å². The van der Waals surface area contributed by atoms with Crippen molar-refractivity contribution >= 4 is 5.78 Å². The van der Waals surface area contributed by atoms with Crippen LogP contribution < -0.4 is 0 Å². The number of allylic oxidation sites excluding steroid dienone is 9. The number of carbonyl (C=O) groups is 1. The van der Waals surface area contributed by atoms with Crippen LogP contribution in [0.3, 0.4) is 0 Å². The van der Waals surface area contributed by atoms with E-state index >= 15 is 0 Å². The van der Waals surface area contributed by atoms with Gasteiger partial charge in [-0.2, -0.15) is 0 Å². The maximum atomic E-state index is 10.4. The topological polar surface area (TPSA) is 17.1 Å². The van der Waals surface area contributed by atoms with E-state index in [-0.39, 0.29) is 5.78 Å². The number of rotatable bonds is 0. The molecule has 0 radical (unpaired) electrons. The van der Waals surface area contributed by atoms with Gasteiger partial charge in [-0.15, -0.1) is 0 Å². The van der Waals surface area contributed by atoms with Gasteiger partial charge < -0.3 is 0 Å². The fraction of sp³-hybridized carbons (Fsp3) is 0.522. The van der Waals surface area contributed by atoms with E-state index in [2.05, 4.69) is 43.0 Å². The number of hydrogen-bond donors (Lipinski definition) is 0. The van der Waals surface area contributed by atoms with Crippen LogP contribution in [0.2, 0.25) is 0 Å². The molecule has 0 aromatic rings. The van der Waals surface area contributed by atoms with Gasteiger partial charge in [0.2, 0.25) is 0 Å². The Labute approximate surface area is 146 Å². The summed E-state index contributed by atoms with van der Waals surface area (Å²) in [6, 6.07) is 0. The summed E-state index contributed by atoms with van der Waals surface area (Å²) in [5, 5.41) is 0. The molecule has 0 heterocycles. The molecule has 0 aliphatic heterocycles. The molecule has 5 aliphatic carbocycles. The minimum atomic E-state index is 0.284. The average Bonchev–Trinajstić information content (AvgIpc) is 3.36. The van der Waals surface area contributed by atoms with Crippen LogP contribution in [0.4, 0.5) is 0 Å². The Bertz CT molecular complexity index is 565. The lowest BCUT2D eigenvalue weighted by Gasteiger charge is -2.34. The first kappa shape index (κ1) is 17.2. The Morgan fingerprint density at radius 3 is 2.29 bits per heavy atom. The van der Waals surface area contributed by atoms with Gasteiger partial charge in [-0.25, -0.2) is 0 Å². The van der Waals surface area contributed by atoms with Crippen LogP contribution in [0, 0.1) is 23.7 Å². The molecular weight excluding hydrogens is 292 g/mol. The third kappa shape index (κ3) is 4.26. The molecule has 24 heavy (non-hydrogen) atoms. The van der Waals surface area contributed by atoms with Crippen molar-refractivity contribution in [1.82, 2.24) is 0 Å². The maximum Gasteiger partial charge on any atom is 0.155 e. The lowest BCUT2D eigenvalue weighted by atomic mass is 9.71. The summed E-state index contributed by atoms with van der Waals surface area (Å²) in [7, 11) is 0. The Morgan fingerprint density at radius 2 is 1.75 bits per heavy atom. The molecule has 1 nitrogen and oxygen atoms in total. The standard InChI is InChI=1S/C12H16.C6H8O.C5H6/c1-8-3-2-4-11-9-5-6-10(7-9)12(8)11;7-6-4-2-1-3-5-6;1-2-4-5-3-1/h5-6,9-12H,1-4,7H2;2,4H,1,3,5H2;1-4H,5H2/t9-,10+,11-,12+;;/m1../s1. The minimum absolute atomic E-state index is 0.284. The summed E-state index contributed by atoms with van der Waals surface area (Å²) in [5.74, 6) is 3.96. The Balaban J connectivity index is 0.000000120. The van der Waals surface area contributed by atoms with Gasteiger partial charge >= 0.3 is 0 Å². The second-order valence-electron chi connectivity index (χ2n) is 7.54. The second kappa shape index (κ2) is 8.46. The quantitative estimate of drug-likeness (QED) is 0.503. The maximum absolute atomic E-state index is 10.4. The molecule has 0 amide bonds. The van der Waals surface area contributed by atoms with Gasteiger partial charge in [0.1, 0.15) is 0 Å². The lowest BCUT2D eigenvalue weighted by molar-refractivity contribution is -0.114. The van der Waals surface area contributed by atoms with Crippen LogP contribution in [0.15, 0.2) is 60.8 Å². The SMILES string of the molecule is C1=CCC=C1.C=C1CCC[C@H]2[C@@H]1[C@H]1C=C[C@@H]2C1.O=C1C=CCCC1. The molecule has 0 saturated heterocycles. The van der Waals surface area contributed by atoms with Crippen molar-refractivity contribution in [3.63, 3.8) is 0 Å². The summed E-state index contributed by atoms with van der Waals surface area (Å²) in [6.07, 6.45) is 26.5. The van der Waals surface area contributed by atoms with Gasteiger partial charge in [-0.3, -0.25) is 4.79 Å². The van der Waals surface area contributed by atoms with E-state index in [0.717, 1.165) is 49.4 Å². The van der Waals surface area contributed by atoms with Gasteiger partial charge in [-0.05, 0) is 74.7 Å². The number of ketones is 1. The van der Waals surface area contributed by atoms with Crippen LogP contribution in [-0.4, -0.2) is 5.78 Å². The molecule has 0 N–H and O–H groups in total. The monoisotopic (exact) mass is 322 g/mol. The molecule has 0 spiro atoms. The summed E-state index contributed by atoms with van der Waals surface area (Å²) >= 11 is 0. The average molecular weight is 322 g/mol. The van der Waals surface area contributed by atoms with Gasteiger partial charge in [0.25, 0.3) is 0 Å². The smallest absolute Gasteiger partial charge is 0.155 e. The van der Waals surface area contributed by atoms with E-state index in [0.29, 0.717) is 0 Å². The highest BCUT2D eigenvalue weighted by atomic mass is 16.1. The number of carbonyl (C=O) groups excluding carboxylic acids is 1. The van der Waals surface area contributed by atoms with Crippen LogP contribution >= 0.6 is 0 Å². The second-order valence-corrected chi connectivity index (χ2v) is 7.54. The predicted molar refractivity (Wildman–Crippen MR) is 102 cm³/mol. The summed E-state index contributed by atoms with van der Waals surface area (Å²) in [6.45, 7) is 4.24. The van der Waals surface area contributed by atoms with Crippen molar-refractivity contribution in [2.75, 3.05) is 0 Å². The van der Waals surface area contributed by atoms with Crippen LogP contribution in [0.25, 0.3) is 0 Å². The zero-order valence-electron chi connectivity index (χ0n) is 14.7. The molecule has 1 heteroatoms. The summed E-state index contributed by atoms with van der Waals surface area (Å²) in [4.78, 5) is 10.4. The summed E-state index contributed by atoms with van der Waals surface area (Å²) < 4.78 is 0. The van der Waals surface area contributed by atoms with Gasteiger partial charge in [0, 0.05) is 6.42 Å². The Hall–Kier alpha value is -1.63. The normalized spacial score (nSPS) is 34.5. The molecule has 128 valence electrons. The van der Waals surface area contributed by atoms with Crippen molar-refractivity contribution in [2.24, 2.45) is 23.7 Å². The van der Waals surface area contributed by atoms with Crippen molar-refractivity contribution in [2.45, 2.75) is 51.4 Å². The fourth-order valence-electron chi connectivity index (χ4n) is 4.74. The molecule has 2 bridgehead atoms.